The lowest BCUT2D eigenvalue weighted by Gasteiger charge is -2.22. The van der Waals surface area contributed by atoms with Crippen LogP contribution in [0.3, 0.4) is 0 Å². The van der Waals surface area contributed by atoms with Crippen molar-refractivity contribution >= 4 is 17.6 Å². The monoisotopic (exact) mass is 313 g/mol. The van der Waals surface area contributed by atoms with Gasteiger partial charge < -0.3 is 16.0 Å². The van der Waals surface area contributed by atoms with Crippen LogP contribution in [0.2, 0.25) is 0 Å². The zero-order chi connectivity index (χ0) is 15.7. The minimum absolute atomic E-state index is 0.272. The Labute approximate surface area is 135 Å². The summed E-state index contributed by atoms with van der Waals surface area (Å²) in [6.07, 6.45) is 5.46. The van der Waals surface area contributed by atoms with Crippen LogP contribution in [0, 0.1) is 5.41 Å². The molecule has 1 unspecified atom stereocenters. The molecule has 1 aliphatic heterocycles. The lowest BCUT2D eigenvalue weighted by atomic mass is 9.90. The van der Waals surface area contributed by atoms with Crippen molar-refractivity contribution in [1.29, 1.82) is 0 Å². The highest BCUT2D eigenvalue weighted by molar-refractivity contribution is 5.53. The number of aromatic nitrogens is 4. The number of nitrogens with zero attached hydrogens (tertiary/aromatic N) is 3. The average molecular weight is 313 g/mol. The van der Waals surface area contributed by atoms with Gasteiger partial charge in [-0.1, -0.05) is 6.92 Å². The van der Waals surface area contributed by atoms with Gasteiger partial charge in [-0.2, -0.15) is 10.1 Å². The lowest BCUT2D eigenvalue weighted by Crippen LogP contribution is -2.29. The minimum atomic E-state index is 0.272. The maximum atomic E-state index is 4.52. The fourth-order valence-corrected chi connectivity index (χ4v) is 2.96. The van der Waals surface area contributed by atoms with Gasteiger partial charge in [0.15, 0.2) is 5.82 Å². The van der Waals surface area contributed by atoms with Gasteiger partial charge in [-0.3, -0.25) is 5.10 Å². The number of hydrogen-bond acceptors (Lipinski definition) is 6. The van der Waals surface area contributed by atoms with Gasteiger partial charge in [0.05, 0.1) is 0 Å². The van der Waals surface area contributed by atoms with Crippen LogP contribution in [-0.2, 0) is 0 Å². The topological polar surface area (TPSA) is 90.5 Å². The molecule has 2 aliphatic rings. The quantitative estimate of drug-likeness (QED) is 0.654. The van der Waals surface area contributed by atoms with Gasteiger partial charge in [0.2, 0.25) is 5.95 Å². The molecule has 2 aromatic rings. The van der Waals surface area contributed by atoms with Gasteiger partial charge in [-0.15, -0.1) is 0 Å². The van der Waals surface area contributed by atoms with Crippen LogP contribution in [0.4, 0.5) is 17.6 Å². The molecular weight excluding hydrogens is 290 g/mol. The van der Waals surface area contributed by atoms with E-state index in [0.717, 1.165) is 31.3 Å². The van der Waals surface area contributed by atoms with E-state index >= 15 is 0 Å². The maximum Gasteiger partial charge on any atom is 0.224 e. The Hall–Kier alpha value is -2.15. The molecule has 2 fully saturated rings. The Kier molecular flexibility index (Phi) is 3.65. The van der Waals surface area contributed by atoms with Gasteiger partial charge in [0, 0.05) is 37.0 Å². The number of rotatable bonds is 6. The van der Waals surface area contributed by atoms with Crippen LogP contribution in [-0.4, -0.2) is 39.8 Å². The average Bonchev–Trinajstić information content (AvgIpc) is 3.15. The summed E-state index contributed by atoms with van der Waals surface area (Å²) in [5.41, 5.74) is 1.48. The molecule has 2 aromatic heterocycles. The van der Waals surface area contributed by atoms with Crippen LogP contribution in [0.5, 0.6) is 0 Å². The van der Waals surface area contributed by atoms with Crippen molar-refractivity contribution in [3.8, 4) is 0 Å². The summed E-state index contributed by atoms with van der Waals surface area (Å²) >= 11 is 0. The number of hydrogen-bond donors (Lipinski definition) is 4. The van der Waals surface area contributed by atoms with E-state index in [4.69, 9.17) is 0 Å². The van der Waals surface area contributed by atoms with E-state index in [-0.39, 0.29) is 5.41 Å². The van der Waals surface area contributed by atoms with Gasteiger partial charge in [-0.25, -0.2) is 4.98 Å². The van der Waals surface area contributed by atoms with E-state index in [9.17, 15) is 0 Å². The third-order valence-electron chi connectivity index (χ3n) is 4.66. The predicted molar refractivity (Wildman–Crippen MR) is 90.0 cm³/mol. The third-order valence-corrected chi connectivity index (χ3v) is 4.66. The summed E-state index contributed by atoms with van der Waals surface area (Å²) in [6.45, 7) is 5.28. The van der Waals surface area contributed by atoms with Crippen molar-refractivity contribution in [2.75, 3.05) is 30.3 Å². The van der Waals surface area contributed by atoms with Crippen molar-refractivity contribution in [2.45, 2.75) is 32.1 Å². The van der Waals surface area contributed by atoms with Crippen LogP contribution in [0.25, 0.3) is 0 Å². The molecule has 7 nitrogen and oxygen atoms in total. The molecule has 1 atom stereocenters. The molecule has 7 heteroatoms. The molecular formula is C16H23N7. The molecule has 1 aliphatic carbocycles. The summed E-state index contributed by atoms with van der Waals surface area (Å²) < 4.78 is 0. The first kappa shape index (κ1) is 14.4. The molecule has 1 saturated heterocycles. The fraction of sp³-hybridized carbons (Fsp3) is 0.562. The molecule has 23 heavy (non-hydrogen) atoms. The van der Waals surface area contributed by atoms with E-state index in [0.29, 0.717) is 11.9 Å². The van der Waals surface area contributed by atoms with Crippen molar-refractivity contribution in [3.05, 3.63) is 24.0 Å². The van der Waals surface area contributed by atoms with Gasteiger partial charge in [0.1, 0.15) is 5.82 Å². The van der Waals surface area contributed by atoms with Crippen molar-refractivity contribution in [2.24, 2.45) is 5.41 Å². The molecule has 3 heterocycles. The van der Waals surface area contributed by atoms with Gasteiger partial charge in [0.25, 0.3) is 0 Å². The van der Waals surface area contributed by atoms with E-state index in [1.54, 1.807) is 6.20 Å². The zero-order valence-electron chi connectivity index (χ0n) is 13.4. The first-order valence-electron chi connectivity index (χ1n) is 8.30. The van der Waals surface area contributed by atoms with Gasteiger partial charge in [-0.05, 0) is 37.3 Å². The number of nitrogens with one attached hydrogen (secondary N) is 4. The second kappa shape index (κ2) is 5.81. The summed E-state index contributed by atoms with van der Waals surface area (Å²) in [5, 5.41) is 17.4. The Morgan fingerprint density at radius 3 is 3.04 bits per heavy atom. The molecule has 1 saturated carbocycles. The lowest BCUT2D eigenvalue weighted by molar-refractivity contribution is 0.390. The highest BCUT2D eigenvalue weighted by atomic mass is 15.2. The number of H-pyrrole nitrogens is 1. The summed E-state index contributed by atoms with van der Waals surface area (Å²) in [7, 11) is 0. The Morgan fingerprint density at radius 1 is 1.35 bits per heavy atom. The highest BCUT2D eigenvalue weighted by Crippen LogP contribution is 2.39. The Bertz CT molecular complexity index is 671. The number of anilines is 3. The van der Waals surface area contributed by atoms with E-state index < -0.39 is 0 Å². The fourth-order valence-electron chi connectivity index (χ4n) is 2.96. The second-order valence-corrected chi connectivity index (χ2v) is 6.96. The summed E-state index contributed by atoms with van der Waals surface area (Å²) in [5.74, 6) is 2.89. The molecule has 0 spiro atoms. The minimum Gasteiger partial charge on any atom is -0.354 e. The summed E-state index contributed by atoms with van der Waals surface area (Å²) in [4.78, 5) is 8.83. The zero-order valence-corrected chi connectivity index (χ0v) is 13.4. The first-order valence-corrected chi connectivity index (χ1v) is 8.30. The normalized spacial score (nSPS) is 23.9. The summed E-state index contributed by atoms with van der Waals surface area (Å²) in [6, 6.07) is 3.92. The van der Waals surface area contributed by atoms with Crippen LogP contribution < -0.4 is 16.0 Å². The maximum absolute atomic E-state index is 4.52. The SMILES string of the molecule is CC1(CNc2nccc(Nc3cc(C4CC4)[nH]n3)n2)CCNC1. The molecule has 122 valence electrons. The smallest absolute Gasteiger partial charge is 0.224 e. The van der Waals surface area contributed by atoms with Crippen LogP contribution in [0.1, 0.15) is 37.8 Å². The largest absolute Gasteiger partial charge is 0.354 e. The van der Waals surface area contributed by atoms with Crippen LogP contribution >= 0.6 is 0 Å². The third kappa shape index (κ3) is 3.44. The standard InChI is InChI=1S/C16H23N7/c1-16(5-7-17-9-16)10-19-15-18-6-4-13(21-15)20-14-8-12(22-23-14)11-2-3-11/h4,6,8,11,17H,2-3,5,7,9-10H2,1H3,(H3,18,19,20,21,22,23). The van der Waals surface area contributed by atoms with E-state index in [1.807, 2.05) is 6.07 Å². The Balaban J connectivity index is 1.39. The van der Waals surface area contributed by atoms with E-state index in [1.165, 1.54) is 25.0 Å². The molecule has 0 bridgehead atoms. The molecule has 0 radical (unpaired) electrons. The highest BCUT2D eigenvalue weighted by Gasteiger charge is 2.28. The Morgan fingerprint density at radius 2 is 2.26 bits per heavy atom. The molecule has 0 aromatic carbocycles. The molecule has 4 N–H and O–H groups in total. The van der Waals surface area contributed by atoms with Crippen LogP contribution in [0.15, 0.2) is 18.3 Å². The van der Waals surface area contributed by atoms with Gasteiger partial charge >= 0.3 is 0 Å². The predicted octanol–water partition coefficient (Wildman–Crippen LogP) is 2.23. The van der Waals surface area contributed by atoms with Crippen molar-refractivity contribution < 1.29 is 0 Å². The molecule has 4 rings (SSSR count). The second-order valence-electron chi connectivity index (χ2n) is 6.96. The first-order chi connectivity index (χ1) is 11.2. The molecule has 0 amide bonds. The van der Waals surface area contributed by atoms with Crippen molar-refractivity contribution in [1.82, 2.24) is 25.5 Å². The van der Waals surface area contributed by atoms with E-state index in [2.05, 4.69) is 49.1 Å². The number of aromatic amines is 1. The van der Waals surface area contributed by atoms with Crippen molar-refractivity contribution in [3.63, 3.8) is 0 Å².